The summed E-state index contributed by atoms with van der Waals surface area (Å²) in [6.07, 6.45) is 6.28. The molecule has 2 N–H and O–H groups in total. The highest BCUT2D eigenvalue weighted by atomic mass is 16.7. The molecule has 8 heteroatoms. The topological polar surface area (TPSA) is 112 Å². The Balaban J connectivity index is 1.21. The summed E-state index contributed by atoms with van der Waals surface area (Å²) in [6.45, 7) is 14.3. The molecular weight excluding hydrogens is 608 g/mol. The van der Waals surface area contributed by atoms with Crippen LogP contribution >= 0.6 is 0 Å². The van der Waals surface area contributed by atoms with Crippen LogP contribution in [-0.4, -0.2) is 65.6 Å². The van der Waals surface area contributed by atoms with Crippen LogP contribution in [0.4, 0.5) is 0 Å². The highest BCUT2D eigenvalue weighted by Gasteiger charge is 2.86. The first-order valence-corrected chi connectivity index (χ1v) is 18.5. The van der Waals surface area contributed by atoms with Crippen LogP contribution in [0.2, 0.25) is 0 Å². The number of hydrogen-bond acceptors (Lipinski definition) is 8. The van der Waals surface area contributed by atoms with Crippen molar-refractivity contribution < 1.29 is 38.7 Å². The average molecular weight is 667 g/mol. The third kappa shape index (κ3) is 4.67. The number of benzene rings is 1. The lowest BCUT2D eigenvalue weighted by molar-refractivity contribution is -0.249. The van der Waals surface area contributed by atoms with Crippen LogP contribution in [0.15, 0.2) is 30.3 Å². The van der Waals surface area contributed by atoms with Gasteiger partial charge in [0.2, 0.25) is 0 Å². The molecule has 1 aromatic rings. The lowest BCUT2D eigenvalue weighted by Crippen LogP contribution is -2.67. The first kappa shape index (κ1) is 34.4. The number of rotatable bonds is 7. The Morgan fingerprint density at radius 2 is 1.65 bits per heavy atom. The van der Waals surface area contributed by atoms with E-state index in [1.54, 1.807) is 27.9 Å². The van der Waals surface area contributed by atoms with E-state index in [0.29, 0.717) is 23.8 Å². The molecule has 0 radical (unpaired) electrons. The Labute approximate surface area is 286 Å². The molecule has 0 bridgehead atoms. The SMILES string of the molecule is CO[C@H]1C[C@H]([C@@H]2CC[C@]34C[C@]23CC[C@@H]2[C@@]3(C)CC[C@@H](OC(=O)c5ccccc5)C(C)(C)[C@@H]3C[C@@H](OC(C)=O)[C@]24C)[C@H]([C@H](O)C(C)(C)O)O1. The second-order valence-electron chi connectivity index (χ2n) is 18.2. The first-order chi connectivity index (χ1) is 22.5. The van der Waals surface area contributed by atoms with E-state index < -0.39 is 24.1 Å². The first-order valence-electron chi connectivity index (χ1n) is 18.5. The Morgan fingerprint density at radius 1 is 0.938 bits per heavy atom. The summed E-state index contributed by atoms with van der Waals surface area (Å²) >= 11 is 0. The number of fused-ring (bicyclic) bond motifs is 3. The molecule has 1 aromatic carbocycles. The van der Waals surface area contributed by atoms with Crippen molar-refractivity contribution in [3.8, 4) is 0 Å². The van der Waals surface area contributed by atoms with Gasteiger partial charge >= 0.3 is 11.9 Å². The van der Waals surface area contributed by atoms with Gasteiger partial charge in [0.1, 0.15) is 18.3 Å². The second-order valence-corrected chi connectivity index (χ2v) is 18.2. The monoisotopic (exact) mass is 666 g/mol. The van der Waals surface area contributed by atoms with E-state index in [1.807, 2.05) is 30.3 Å². The third-order valence-electron chi connectivity index (χ3n) is 15.6. The number of ether oxygens (including phenoxy) is 4. The maximum atomic E-state index is 13.3. The molecule has 13 atom stereocenters. The normalized spacial score (nSPS) is 46.4. The molecule has 1 heterocycles. The van der Waals surface area contributed by atoms with Crippen LogP contribution < -0.4 is 0 Å². The van der Waals surface area contributed by atoms with Crippen LogP contribution in [0.1, 0.15) is 117 Å². The molecule has 0 aromatic heterocycles. The van der Waals surface area contributed by atoms with Gasteiger partial charge in [0, 0.05) is 31.3 Å². The van der Waals surface area contributed by atoms with Gasteiger partial charge in [-0.3, -0.25) is 4.79 Å². The second kappa shape index (κ2) is 11.2. The maximum Gasteiger partial charge on any atom is 0.338 e. The summed E-state index contributed by atoms with van der Waals surface area (Å²) in [7, 11) is 1.66. The fourth-order valence-electron chi connectivity index (χ4n) is 13.5. The third-order valence-corrected chi connectivity index (χ3v) is 15.6. The molecule has 6 fully saturated rings. The summed E-state index contributed by atoms with van der Waals surface area (Å²) in [5, 5.41) is 22.2. The predicted molar refractivity (Wildman–Crippen MR) is 180 cm³/mol. The quantitative estimate of drug-likeness (QED) is 0.310. The Morgan fingerprint density at radius 3 is 2.29 bits per heavy atom. The van der Waals surface area contributed by atoms with Gasteiger partial charge < -0.3 is 29.2 Å². The zero-order valence-electron chi connectivity index (χ0n) is 30.3. The van der Waals surface area contributed by atoms with Crippen molar-refractivity contribution in [1.29, 1.82) is 0 Å². The molecule has 266 valence electrons. The minimum Gasteiger partial charge on any atom is -0.462 e. The van der Waals surface area contributed by atoms with Gasteiger partial charge in [-0.15, -0.1) is 0 Å². The van der Waals surface area contributed by atoms with Crippen LogP contribution in [-0.2, 0) is 23.7 Å². The van der Waals surface area contributed by atoms with Crippen LogP contribution in [0, 0.1) is 50.7 Å². The number of aliphatic hydroxyl groups is 2. The lowest BCUT2D eigenvalue weighted by Gasteiger charge is -2.68. The van der Waals surface area contributed by atoms with E-state index in [1.165, 1.54) is 0 Å². The summed E-state index contributed by atoms with van der Waals surface area (Å²) in [4.78, 5) is 26.1. The highest BCUT2D eigenvalue weighted by molar-refractivity contribution is 5.89. The molecule has 48 heavy (non-hydrogen) atoms. The Kier molecular flexibility index (Phi) is 8.07. The number of methoxy groups -OCH3 is 1. The predicted octanol–water partition coefficient (Wildman–Crippen LogP) is 6.70. The molecule has 8 nitrogen and oxygen atoms in total. The molecule has 1 saturated heterocycles. The van der Waals surface area contributed by atoms with Gasteiger partial charge in [0.15, 0.2) is 6.29 Å². The number of esters is 2. The smallest absolute Gasteiger partial charge is 0.338 e. The largest absolute Gasteiger partial charge is 0.462 e. The van der Waals surface area contributed by atoms with E-state index in [4.69, 9.17) is 18.9 Å². The van der Waals surface area contributed by atoms with Gasteiger partial charge in [-0.1, -0.05) is 45.9 Å². The van der Waals surface area contributed by atoms with Gasteiger partial charge in [0.05, 0.1) is 17.3 Å². The van der Waals surface area contributed by atoms with E-state index in [9.17, 15) is 19.8 Å². The minimum absolute atomic E-state index is 0.00337. The van der Waals surface area contributed by atoms with Crippen LogP contribution in [0.25, 0.3) is 0 Å². The summed E-state index contributed by atoms with van der Waals surface area (Å²) in [5.41, 5.74) is -1.09. The molecule has 5 aliphatic carbocycles. The molecule has 1 aliphatic heterocycles. The summed E-state index contributed by atoms with van der Waals surface area (Å²) in [5.74, 6) is 0.487. The van der Waals surface area contributed by atoms with Crippen LogP contribution in [0.5, 0.6) is 0 Å². The molecule has 6 aliphatic rings. The van der Waals surface area contributed by atoms with Crippen molar-refractivity contribution in [3.63, 3.8) is 0 Å². The lowest BCUT2D eigenvalue weighted by atomic mass is 9.37. The maximum absolute atomic E-state index is 13.3. The summed E-state index contributed by atoms with van der Waals surface area (Å²) < 4.78 is 24.8. The summed E-state index contributed by atoms with van der Waals surface area (Å²) in [6, 6.07) is 9.25. The van der Waals surface area contributed by atoms with Gasteiger partial charge in [-0.05, 0) is 117 Å². The number of hydrogen-bond donors (Lipinski definition) is 2. The van der Waals surface area contributed by atoms with Crippen molar-refractivity contribution in [1.82, 2.24) is 0 Å². The van der Waals surface area contributed by atoms with Gasteiger partial charge in [0.25, 0.3) is 0 Å². The molecule has 0 spiro atoms. The van der Waals surface area contributed by atoms with E-state index in [2.05, 4.69) is 27.7 Å². The van der Waals surface area contributed by atoms with Crippen molar-refractivity contribution >= 4 is 11.9 Å². The fraction of sp³-hybridized carbons (Fsp3) is 0.800. The fourth-order valence-corrected chi connectivity index (χ4v) is 13.5. The van der Waals surface area contributed by atoms with Crippen molar-refractivity contribution in [3.05, 3.63) is 35.9 Å². The Hall–Kier alpha value is -2.00. The molecule has 5 saturated carbocycles. The number of carbonyl (C=O) groups excluding carboxylic acids is 2. The Bertz CT molecular complexity index is 1420. The van der Waals surface area contributed by atoms with Crippen molar-refractivity contribution in [2.24, 2.45) is 50.7 Å². The van der Waals surface area contributed by atoms with E-state index in [-0.39, 0.29) is 63.1 Å². The average Bonchev–Trinajstić information content (AvgIpc) is 3.35. The molecule has 0 amide bonds. The van der Waals surface area contributed by atoms with Gasteiger partial charge in [-0.2, -0.15) is 0 Å². The standard InChI is InChI=1S/C40H58O8/c1-23(41)46-30-21-28-35(2,3)29(47-34(43)24-12-10-9-11-13-24)16-17-37(28,6)27-15-18-39-22-40(39,38(27,30)7)19-14-26(39)25-20-31(45-8)48-32(25)33(42)36(4,5)44/h9-13,25-33,42,44H,14-22H2,1-8H3/t25-,26+,27-,28+,29-,30-,31-,32-,33+,37-,38+,39-,40-/m1/s1. The number of aliphatic hydroxyl groups excluding tert-OH is 1. The molecular formula is C40H58O8. The van der Waals surface area contributed by atoms with Gasteiger partial charge in [-0.25, -0.2) is 4.79 Å². The zero-order valence-corrected chi connectivity index (χ0v) is 30.3. The van der Waals surface area contributed by atoms with Crippen molar-refractivity contribution in [2.45, 2.75) is 143 Å². The highest BCUT2D eigenvalue weighted by Crippen LogP contribution is 2.91. The van der Waals surface area contributed by atoms with E-state index in [0.717, 1.165) is 51.4 Å². The van der Waals surface area contributed by atoms with Crippen LogP contribution in [0.3, 0.4) is 0 Å². The molecule has 7 rings (SSSR count). The minimum atomic E-state index is -1.29. The van der Waals surface area contributed by atoms with Crippen molar-refractivity contribution in [2.75, 3.05) is 7.11 Å². The zero-order chi connectivity index (χ0) is 34.7. The number of carbonyl (C=O) groups is 2. The van der Waals surface area contributed by atoms with E-state index >= 15 is 0 Å². The molecule has 0 unspecified atom stereocenters.